The SMILES string of the molecule is CCOC(=O)CC1c2ccc3c(c2)CN(CC3)C(=O)c2ccc(cc2)COCCC[N+]23CC2C=Nc2c3ccc1c2C. The molecule has 0 aromatic heterocycles. The van der Waals surface area contributed by atoms with Gasteiger partial charge in [0.1, 0.15) is 12.2 Å². The lowest BCUT2D eigenvalue weighted by molar-refractivity contribution is -0.143. The fourth-order valence-corrected chi connectivity index (χ4v) is 7.20. The first kappa shape index (κ1) is 27.0. The van der Waals surface area contributed by atoms with Crippen LogP contribution in [0.15, 0.2) is 59.6 Å². The van der Waals surface area contributed by atoms with E-state index in [0.29, 0.717) is 44.5 Å². The molecular formula is C35H38N3O4+. The Hall–Kier alpha value is -3.81. The van der Waals surface area contributed by atoms with Crippen molar-refractivity contribution >= 4 is 29.5 Å². The molecule has 216 valence electrons. The monoisotopic (exact) mass is 564 g/mol. The summed E-state index contributed by atoms with van der Waals surface area (Å²) < 4.78 is 12.4. The maximum absolute atomic E-state index is 13.5. The van der Waals surface area contributed by atoms with Crippen LogP contribution < -0.4 is 4.48 Å². The third-order valence-corrected chi connectivity index (χ3v) is 9.62. The molecule has 1 spiro atoms. The highest BCUT2D eigenvalue weighted by Crippen LogP contribution is 2.50. The minimum absolute atomic E-state index is 0.0434. The number of hydrogen-bond donors (Lipinski definition) is 0. The molecule has 7 aliphatic heterocycles. The summed E-state index contributed by atoms with van der Waals surface area (Å²) in [6.45, 7) is 8.88. The van der Waals surface area contributed by atoms with E-state index < -0.39 is 0 Å². The molecule has 3 aromatic carbocycles. The Bertz CT molecular complexity index is 1580. The van der Waals surface area contributed by atoms with Crippen molar-refractivity contribution in [3.63, 3.8) is 0 Å². The van der Waals surface area contributed by atoms with Crippen LogP contribution in [-0.4, -0.2) is 61.9 Å². The molecule has 10 rings (SSSR count). The molecule has 3 aromatic rings. The van der Waals surface area contributed by atoms with Gasteiger partial charge in [-0.25, -0.2) is 4.99 Å². The first-order valence-corrected chi connectivity index (χ1v) is 15.2. The van der Waals surface area contributed by atoms with Gasteiger partial charge in [-0.2, -0.15) is 0 Å². The average Bonchev–Trinajstić information content (AvgIpc) is 3.74. The van der Waals surface area contributed by atoms with E-state index in [2.05, 4.69) is 43.5 Å². The van der Waals surface area contributed by atoms with Crippen molar-refractivity contribution in [3.05, 3.63) is 93.5 Å². The zero-order valence-corrected chi connectivity index (χ0v) is 24.5. The topological polar surface area (TPSA) is 68.2 Å². The number of aliphatic imine (C=N–C) groups is 1. The number of carbonyl (C=O) groups excluding carboxylic acids is 2. The summed E-state index contributed by atoms with van der Waals surface area (Å²) in [4.78, 5) is 33.3. The molecule has 7 aliphatic rings. The minimum atomic E-state index is -0.207. The van der Waals surface area contributed by atoms with Crippen LogP contribution in [0.5, 0.6) is 0 Å². The smallest absolute Gasteiger partial charge is 0.306 e. The Balaban J connectivity index is 1.31. The lowest BCUT2D eigenvalue weighted by Crippen LogP contribution is -2.36. The van der Waals surface area contributed by atoms with E-state index in [0.717, 1.165) is 63.9 Å². The summed E-state index contributed by atoms with van der Waals surface area (Å²) in [5.41, 5.74) is 9.79. The van der Waals surface area contributed by atoms with Gasteiger partial charge in [0.05, 0.1) is 39.0 Å². The van der Waals surface area contributed by atoms with Gasteiger partial charge in [-0.3, -0.25) is 14.1 Å². The number of rotatable bonds is 3. The van der Waals surface area contributed by atoms with E-state index >= 15 is 0 Å². The summed E-state index contributed by atoms with van der Waals surface area (Å²) in [7, 11) is 0. The van der Waals surface area contributed by atoms with Crippen molar-refractivity contribution in [1.82, 2.24) is 9.38 Å². The number of hydrogen-bond acceptors (Lipinski definition) is 5. The maximum Gasteiger partial charge on any atom is 0.306 e. The Labute approximate surface area is 247 Å². The molecule has 7 heteroatoms. The van der Waals surface area contributed by atoms with E-state index in [9.17, 15) is 9.59 Å². The fourth-order valence-electron chi connectivity index (χ4n) is 7.20. The number of nitrogens with zero attached hydrogens (tertiary/aromatic N) is 3. The molecule has 1 amide bonds. The van der Waals surface area contributed by atoms with Gasteiger partial charge in [-0.1, -0.05) is 36.4 Å². The average molecular weight is 565 g/mol. The minimum Gasteiger partial charge on any atom is -0.466 e. The van der Waals surface area contributed by atoms with Crippen LogP contribution in [0.4, 0.5) is 11.4 Å². The molecule has 7 nitrogen and oxygen atoms in total. The van der Waals surface area contributed by atoms with Gasteiger partial charge in [0.25, 0.3) is 5.91 Å². The van der Waals surface area contributed by atoms with Crippen LogP contribution >= 0.6 is 0 Å². The molecule has 0 radical (unpaired) electrons. The Morgan fingerprint density at radius 1 is 1.12 bits per heavy atom. The predicted octanol–water partition coefficient (Wildman–Crippen LogP) is 5.60. The van der Waals surface area contributed by atoms with Gasteiger partial charge >= 0.3 is 5.97 Å². The number of carbonyl (C=O) groups is 2. The number of ether oxygens (including phenoxy) is 2. The van der Waals surface area contributed by atoms with Crippen molar-refractivity contribution in [2.45, 2.75) is 58.2 Å². The zero-order chi connectivity index (χ0) is 28.8. The molecular weight excluding hydrogens is 526 g/mol. The van der Waals surface area contributed by atoms with Gasteiger partial charge in [-0.05, 0) is 65.8 Å². The van der Waals surface area contributed by atoms with Gasteiger partial charge in [0.15, 0.2) is 11.7 Å². The molecule has 0 N–H and O–H groups in total. The number of quaternary nitrogens is 1. The first-order valence-electron chi connectivity index (χ1n) is 15.2. The Morgan fingerprint density at radius 2 is 1.98 bits per heavy atom. The summed E-state index contributed by atoms with van der Waals surface area (Å²) in [5, 5.41) is 0. The van der Waals surface area contributed by atoms with E-state index in [1.165, 1.54) is 11.3 Å². The highest BCUT2D eigenvalue weighted by Gasteiger charge is 2.58. The molecule has 0 saturated carbocycles. The van der Waals surface area contributed by atoms with Crippen LogP contribution in [0.3, 0.4) is 0 Å². The van der Waals surface area contributed by atoms with E-state index in [-0.39, 0.29) is 24.2 Å². The summed E-state index contributed by atoms with van der Waals surface area (Å²) in [6.07, 6.45) is 4.15. The van der Waals surface area contributed by atoms with E-state index in [1.54, 1.807) is 0 Å². The van der Waals surface area contributed by atoms with Crippen molar-refractivity contribution in [3.8, 4) is 0 Å². The number of esters is 1. The lowest BCUT2D eigenvalue weighted by Gasteiger charge is -2.30. The lowest BCUT2D eigenvalue weighted by atomic mass is 9.83. The summed E-state index contributed by atoms with van der Waals surface area (Å²) >= 11 is 0. The first-order chi connectivity index (χ1) is 20.5. The molecule has 1 fully saturated rings. The van der Waals surface area contributed by atoms with Crippen LogP contribution in [0.25, 0.3) is 0 Å². The molecule has 3 unspecified atom stereocenters. The summed E-state index contributed by atoms with van der Waals surface area (Å²) in [6, 6.07) is 19.3. The van der Waals surface area contributed by atoms with Gasteiger partial charge in [0, 0.05) is 37.1 Å². The maximum atomic E-state index is 13.5. The second kappa shape index (κ2) is 10.8. The van der Waals surface area contributed by atoms with Gasteiger partial charge in [-0.15, -0.1) is 0 Å². The predicted molar refractivity (Wildman–Crippen MR) is 163 cm³/mol. The van der Waals surface area contributed by atoms with Crippen molar-refractivity contribution < 1.29 is 19.1 Å². The molecule has 7 heterocycles. The second-order valence-electron chi connectivity index (χ2n) is 12.1. The normalized spacial score (nSPS) is 24.3. The highest BCUT2D eigenvalue weighted by atomic mass is 16.5. The molecule has 3 atom stereocenters. The molecule has 1 saturated heterocycles. The largest absolute Gasteiger partial charge is 0.466 e. The highest BCUT2D eigenvalue weighted by molar-refractivity contribution is 5.94. The number of amides is 1. The van der Waals surface area contributed by atoms with Crippen LogP contribution in [-0.2, 0) is 33.8 Å². The van der Waals surface area contributed by atoms with Gasteiger partial charge < -0.3 is 14.4 Å². The Kier molecular flexibility index (Phi) is 6.95. The standard InChI is InChI=1S/C35H38N3O4/c1-3-42-33(39)18-31-27-10-9-25-13-14-37(20-28(25)17-27)35(40)26-7-5-24(6-8-26)22-41-16-4-15-38-21-29(38)19-36-34-23(2)30(31)11-12-32(34)38/h5-12,17,19,29,31H,3-4,13-16,18,20-22H2,1-2H3/q+1. The second-order valence-corrected chi connectivity index (χ2v) is 12.1. The third-order valence-electron chi connectivity index (χ3n) is 9.62. The zero-order valence-electron chi connectivity index (χ0n) is 24.5. The summed E-state index contributed by atoms with van der Waals surface area (Å²) in [5.74, 6) is -0.334. The molecule has 0 aliphatic carbocycles. The fraction of sp³-hybridized carbons (Fsp3) is 0.400. The van der Waals surface area contributed by atoms with Gasteiger partial charge in [0.2, 0.25) is 0 Å². The number of benzene rings is 3. The van der Waals surface area contributed by atoms with Crippen LogP contribution in [0, 0.1) is 6.92 Å². The van der Waals surface area contributed by atoms with E-state index in [4.69, 9.17) is 14.5 Å². The van der Waals surface area contributed by atoms with Crippen molar-refractivity contribution in [1.29, 1.82) is 0 Å². The van der Waals surface area contributed by atoms with Crippen molar-refractivity contribution in [2.24, 2.45) is 4.99 Å². The van der Waals surface area contributed by atoms with Crippen molar-refractivity contribution in [2.75, 3.05) is 32.8 Å². The Morgan fingerprint density at radius 3 is 2.81 bits per heavy atom. The molecule has 42 heavy (non-hydrogen) atoms. The van der Waals surface area contributed by atoms with Crippen LogP contribution in [0.1, 0.15) is 69.4 Å². The van der Waals surface area contributed by atoms with Crippen LogP contribution in [0.2, 0.25) is 0 Å². The molecule has 9 bridgehead atoms. The quantitative estimate of drug-likeness (QED) is 0.236. The third kappa shape index (κ3) is 4.74. The van der Waals surface area contributed by atoms with E-state index in [1.807, 2.05) is 36.1 Å².